The van der Waals surface area contributed by atoms with Crippen molar-refractivity contribution < 1.29 is 5.11 Å². The highest BCUT2D eigenvalue weighted by Crippen LogP contribution is 2.40. The molecule has 1 aliphatic carbocycles. The lowest BCUT2D eigenvalue weighted by Gasteiger charge is -2.42. The van der Waals surface area contributed by atoms with E-state index in [0.29, 0.717) is 11.7 Å². The minimum absolute atomic E-state index is 0.422. The lowest BCUT2D eigenvalue weighted by atomic mass is 9.75. The van der Waals surface area contributed by atoms with Crippen molar-refractivity contribution in [3.8, 4) is 5.75 Å². The maximum absolute atomic E-state index is 9.53. The molecule has 15 heavy (non-hydrogen) atoms. The Hall–Kier alpha value is -1.02. The third kappa shape index (κ3) is 1.44. The molecule has 2 heteroatoms. The topological polar surface area (TPSA) is 23.5 Å². The van der Waals surface area contributed by atoms with Gasteiger partial charge in [-0.25, -0.2) is 0 Å². The maximum atomic E-state index is 9.53. The molecule has 3 rings (SSSR count). The summed E-state index contributed by atoms with van der Waals surface area (Å²) >= 11 is 0. The van der Waals surface area contributed by atoms with Crippen molar-refractivity contribution >= 4 is 0 Å². The van der Waals surface area contributed by atoms with Crippen molar-refractivity contribution in [2.75, 3.05) is 13.6 Å². The van der Waals surface area contributed by atoms with Gasteiger partial charge < -0.3 is 10.0 Å². The average molecular weight is 203 g/mol. The van der Waals surface area contributed by atoms with Gasteiger partial charge in [0.25, 0.3) is 0 Å². The van der Waals surface area contributed by atoms with Crippen LogP contribution in [0.1, 0.15) is 29.9 Å². The van der Waals surface area contributed by atoms with E-state index in [1.165, 1.54) is 30.5 Å². The van der Waals surface area contributed by atoms with Gasteiger partial charge in [-0.1, -0.05) is 6.07 Å². The largest absolute Gasteiger partial charge is 0.508 e. The Morgan fingerprint density at radius 2 is 2.27 bits per heavy atom. The molecule has 1 aliphatic heterocycles. The number of likely N-dealkylation sites (tertiary alicyclic amines) is 1. The fourth-order valence-electron chi connectivity index (χ4n) is 3.09. The molecule has 2 bridgehead atoms. The van der Waals surface area contributed by atoms with Gasteiger partial charge in [-0.15, -0.1) is 0 Å². The molecule has 0 radical (unpaired) electrons. The third-order valence-electron chi connectivity index (χ3n) is 4.04. The van der Waals surface area contributed by atoms with Crippen molar-refractivity contribution in [2.45, 2.75) is 31.2 Å². The van der Waals surface area contributed by atoms with E-state index in [0.717, 1.165) is 12.5 Å². The monoisotopic (exact) mass is 203 g/mol. The second kappa shape index (κ2) is 3.24. The van der Waals surface area contributed by atoms with E-state index in [-0.39, 0.29) is 0 Å². The van der Waals surface area contributed by atoms with Crippen LogP contribution in [-0.4, -0.2) is 29.6 Å². The molecule has 0 aromatic heterocycles. The molecule has 0 spiro atoms. The maximum Gasteiger partial charge on any atom is 0.115 e. The summed E-state index contributed by atoms with van der Waals surface area (Å²) in [7, 11) is 2.23. The summed E-state index contributed by atoms with van der Waals surface area (Å²) in [5.41, 5.74) is 2.85. The minimum Gasteiger partial charge on any atom is -0.508 e. The number of piperidine rings is 1. The first kappa shape index (κ1) is 9.22. The van der Waals surface area contributed by atoms with Crippen LogP contribution in [0.25, 0.3) is 0 Å². The zero-order chi connectivity index (χ0) is 10.4. The molecule has 2 aliphatic rings. The Balaban J connectivity index is 2.03. The van der Waals surface area contributed by atoms with Gasteiger partial charge in [-0.2, -0.15) is 0 Å². The summed E-state index contributed by atoms with van der Waals surface area (Å²) in [6.45, 7) is 1.20. The van der Waals surface area contributed by atoms with Crippen molar-refractivity contribution in [1.82, 2.24) is 4.90 Å². The van der Waals surface area contributed by atoms with Crippen molar-refractivity contribution in [1.29, 1.82) is 0 Å². The van der Waals surface area contributed by atoms with Gasteiger partial charge in [0, 0.05) is 6.04 Å². The van der Waals surface area contributed by atoms with Crippen LogP contribution in [0.3, 0.4) is 0 Å². The van der Waals surface area contributed by atoms with Gasteiger partial charge in [0.1, 0.15) is 5.75 Å². The van der Waals surface area contributed by atoms with E-state index in [2.05, 4.69) is 18.0 Å². The number of fused-ring (bicyclic) bond motifs is 4. The number of likely N-dealkylation sites (N-methyl/N-ethyl adjacent to an activating group) is 1. The molecular weight excluding hydrogens is 186 g/mol. The van der Waals surface area contributed by atoms with Crippen LogP contribution in [-0.2, 0) is 6.42 Å². The van der Waals surface area contributed by atoms with E-state index in [1.54, 1.807) is 0 Å². The second-order valence-corrected chi connectivity index (χ2v) is 4.94. The number of aromatic hydroxyl groups is 1. The highest BCUT2D eigenvalue weighted by molar-refractivity contribution is 5.40. The summed E-state index contributed by atoms with van der Waals surface area (Å²) in [5, 5.41) is 9.53. The number of rotatable bonds is 0. The van der Waals surface area contributed by atoms with Crippen LogP contribution in [0, 0.1) is 0 Å². The van der Waals surface area contributed by atoms with E-state index in [4.69, 9.17) is 0 Å². The molecule has 2 atom stereocenters. The zero-order valence-electron chi connectivity index (χ0n) is 9.11. The summed E-state index contributed by atoms with van der Waals surface area (Å²) < 4.78 is 0. The first-order valence-electron chi connectivity index (χ1n) is 5.76. The Labute approximate surface area is 90.5 Å². The van der Waals surface area contributed by atoms with Crippen LogP contribution < -0.4 is 0 Å². The van der Waals surface area contributed by atoms with E-state index in [9.17, 15) is 5.11 Å². The number of phenols is 1. The van der Waals surface area contributed by atoms with Crippen LogP contribution in [0.5, 0.6) is 5.75 Å². The number of hydrogen-bond acceptors (Lipinski definition) is 2. The molecule has 80 valence electrons. The zero-order valence-corrected chi connectivity index (χ0v) is 9.11. The molecule has 1 unspecified atom stereocenters. The van der Waals surface area contributed by atoms with Gasteiger partial charge in [-0.3, -0.25) is 0 Å². The Morgan fingerprint density at radius 1 is 1.40 bits per heavy atom. The SMILES string of the molecule is CN1CC[C@H]2CC1Cc1ccc(O)cc12. The number of nitrogens with zero attached hydrogens (tertiary/aromatic N) is 1. The number of benzene rings is 1. The lowest BCUT2D eigenvalue weighted by molar-refractivity contribution is 0.157. The normalized spacial score (nSPS) is 29.9. The summed E-state index contributed by atoms with van der Waals surface area (Å²) in [6.07, 6.45) is 3.67. The van der Waals surface area contributed by atoms with Gasteiger partial charge in [-0.05, 0) is 62.0 Å². The first-order chi connectivity index (χ1) is 7.24. The van der Waals surface area contributed by atoms with E-state index < -0.39 is 0 Å². The van der Waals surface area contributed by atoms with Crippen LogP contribution >= 0.6 is 0 Å². The fraction of sp³-hybridized carbons (Fsp3) is 0.538. The fourth-order valence-corrected chi connectivity index (χ4v) is 3.09. The molecule has 1 aromatic rings. The molecule has 2 nitrogen and oxygen atoms in total. The average Bonchev–Trinajstić information content (AvgIpc) is 2.24. The molecule has 0 saturated carbocycles. The van der Waals surface area contributed by atoms with Crippen LogP contribution in [0.2, 0.25) is 0 Å². The summed E-state index contributed by atoms with van der Waals surface area (Å²) in [4.78, 5) is 2.48. The highest BCUT2D eigenvalue weighted by atomic mass is 16.3. The quantitative estimate of drug-likeness (QED) is 0.698. The minimum atomic E-state index is 0.422. The highest BCUT2D eigenvalue weighted by Gasteiger charge is 2.33. The number of phenolic OH excluding ortho intramolecular Hbond substituents is 1. The predicted octanol–water partition coefficient (Wildman–Crippen LogP) is 2.13. The van der Waals surface area contributed by atoms with E-state index in [1.807, 2.05) is 12.1 Å². The van der Waals surface area contributed by atoms with Gasteiger partial charge in [0.05, 0.1) is 0 Å². The molecule has 0 amide bonds. The number of hydrogen-bond donors (Lipinski definition) is 1. The predicted molar refractivity (Wildman–Crippen MR) is 60.2 cm³/mol. The van der Waals surface area contributed by atoms with Gasteiger partial charge in [0.2, 0.25) is 0 Å². The molecule has 1 aromatic carbocycles. The van der Waals surface area contributed by atoms with E-state index >= 15 is 0 Å². The van der Waals surface area contributed by atoms with Crippen LogP contribution in [0.15, 0.2) is 18.2 Å². The molecule has 1 fully saturated rings. The molecule has 1 N–H and O–H groups in total. The van der Waals surface area contributed by atoms with Crippen LogP contribution in [0.4, 0.5) is 0 Å². The summed E-state index contributed by atoms with van der Waals surface area (Å²) in [5.74, 6) is 1.10. The molecule has 1 heterocycles. The Morgan fingerprint density at radius 3 is 3.13 bits per heavy atom. The van der Waals surface area contributed by atoms with Crippen molar-refractivity contribution in [3.05, 3.63) is 29.3 Å². The second-order valence-electron chi connectivity index (χ2n) is 4.94. The first-order valence-corrected chi connectivity index (χ1v) is 5.76. The third-order valence-corrected chi connectivity index (χ3v) is 4.04. The van der Waals surface area contributed by atoms with Gasteiger partial charge in [0.15, 0.2) is 0 Å². The summed E-state index contributed by atoms with van der Waals surface area (Å²) in [6, 6.07) is 6.62. The standard InChI is InChI=1S/C13H17NO/c1-14-5-4-10-7-11(14)6-9-2-3-12(15)8-13(9)10/h2-3,8,10-11,15H,4-7H2,1H3/t10-,11?/m0/s1. The molecule has 1 saturated heterocycles. The molecular formula is C13H17NO. The Bertz CT molecular complexity index is 388. The lowest BCUT2D eigenvalue weighted by Crippen LogP contribution is -2.43. The Kier molecular flexibility index (Phi) is 1.99. The van der Waals surface area contributed by atoms with Crippen molar-refractivity contribution in [3.63, 3.8) is 0 Å². The van der Waals surface area contributed by atoms with Gasteiger partial charge >= 0.3 is 0 Å². The smallest absolute Gasteiger partial charge is 0.115 e. The van der Waals surface area contributed by atoms with Crippen molar-refractivity contribution in [2.24, 2.45) is 0 Å².